The van der Waals surface area contributed by atoms with Crippen LogP contribution in [0.4, 0.5) is 20.2 Å². The zero-order valence-electron chi connectivity index (χ0n) is 10.3. The lowest BCUT2D eigenvalue weighted by Gasteiger charge is -2.27. The summed E-state index contributed by atoms with van der Waals surface area (Å²) in [4.78, 5) is 12.0. The molecule has 1 saturated carbocycles. The first kappa shape index (κ1) is 14.2. The molecule has 0 saturated heterocycles. The standard InChI is InChI=1S/C13H15BrF2N2O/c14-10-7-9(17)1-2-11(10)18-12(19)8-3-5-13(15,16)6-4-8/h1-2,7-8H,3-6,17H2,(H,18,19). The highest BCUT2D eigenvalue weighted by atomic mass is 79.9. The summed E-state index contributed by atoms with van der Waals surface area (Å²) in [5, 5.41) is 2.75. The van der Waals surface area contributed by atoms with Gasteiger partial charge < -0.3 is 11.1 Å². The number of amides is 1. The molecule has 3 nitrogen and oxygen atoms in total. The summed E-state index contributed by atoms with van der Waals surface area (Å²) >= 11 is 3.30. The Morgan fingerprint density at radius 1 is 1.37 bits per heavy atom. The van der Waals surface area contributed by atoms with E-state index >= 15 is 0 Å². The Hall–Kier alpha value is -1.17. The predicted molar refractivity (Wildman–Crippen MR) is 74.1 cm³/mol. The monoisotopic (exact) mass is 332 g/mol. The molecule has 0 spiro atoms. The molecule has 6 heteroatoms. The van der Waals surface area contributed by atoms with E-state index in [9.17, 15) is 13.6 Å². The van der Waals surface area contributed by atoms with Crippen molar-refractivity contribution < 1.29 is 13.6 Å². The van der Waals surface area contributed by atoms with Crippen molar-refractivity contribution in [1.82, 2.24) is 0 Å². The normalized spacial score (nSPS) is 19.1. The van der Waals surface area contributed by atoms with Gasteiger partial charge >= 0.3 is 0 Å². The number of hydrogen-bond donors (Lipinski definition) is 2. The summed E-state index contributed by atoms with van der Waals surface area (Å²) in [6, 6.07) is 5.05. The van der Waals surface area contributed by atoms with Crippen LogP contribution < -0.4 is 11.1 Å². The summed E-state index contributed by atoms with van der Waals surface area (Å²) in [7, 11) is 0. The average Bonchev–Trinajstić information content (AvgIpc) is 2.32. The summed E-state index contributed by atoms with van der Waals surface area (Å²) in [6.07, 6.45) is 0.0266. The van der Waals surface area contributed by atoms with Crippen molar-refractivity contribution in [1.29, 1.82) is 0 Å². The van der Waals surface area contributed by atoms with Gasteiger partial charge in [-0.2, -0.15) is 0 Å². The molecule has 1 fully saturated rings. The molecular formula is C13H15BrF2N2O. The highest BCUT2D eigenvalue weighted by molar-refractivity contribution is 9.10. The third kappa shape index (κ3) is 3.65. The second-order valence-corrected chi connectivity index (χ2v) is 5.71. The van der Waals surface area contributed by atoms with E-state index in [2.05, 4.69) is 21.2 Å². The molecule has 0 atom stereocenters. The maximum atomic E-state index is 13.0. The summed E-state index contributed by atoms with van der Waals surface area (Å²) in [5.41, 5.74) is 6.80. The quantitative estimate of drug-likeness (QED) is 0.809. The molecule has 1 aromatic carbocycles. The van der Waals surface area contributed by atoms with Gasteiger partial charge in [0, 0.05) is 28.9 Å². The number of halogens is 3. The lowest BCUT2D eigenvalue weighted by molar-refractivity contribution is -0.124. The smallest absolute Gasteiger partial charge is 0.248 e. The molecule has 0 aromatic heterocycles. The van der Waals surface area contributed by atoms with Gasteiger partial charge in [0.25, 0.3) is 0 Å². The molecule has 0 aliphatic heterocycles. The van der Waals surface area contributed by atoms with Crippen LogP contribution in [0.3, 0.4) is 0 Å². The SMILES string of the molecule is Nc1ccc(NC(=O)C2CCC(F)(F)CC2)c(Br)c1. The average molecular weight is 333 g/mol. The van der Waals surface area contributed by atoms with Gasteiger partial charge in [-0.3, -0.25) is 4.79 Å². The van der Waals surface area contributed by atoms with E-state index in [0.29, 0.717) is 15.8 Å². The zero-order valence-corrected chi connectivity index (χ0v) is 11.8. The van der Waals surface area contributed by atoms with E-state index in [1.54, 1.807) is 18.2 Å². The molecule has 2 rings (SSSR count). The van der Waals surface area contributed by atoms with Crippen molar-refractivity contribution in [3.63, 3.8) is 0 Å². The van der Waals surface area contributed by atoms with E-state index in [1.165, 1.54) is 0 Å². The van der Waals surface area contributed by atoms with Gasteiger partial charge in [0.15, 0.2) is 0 Å². The first-order valence-electron chi connectivity index (χ1n) is 6.11. The molecule has 3 N–H and O–H groups in total. The van der Waals surface area contributed by atoms with Crippen LogP contribution in [0.1, 0.15) is 25.7 Å². The highest BCUT2D eigenvalue weighted by Gasteiger charge is 2.37. The molecule has 0 bridgehead atoms. The van der Waals surface area contributed by atoms with Crippen LogP contribution in [0.25, 0.3) is 0 Å². The Bertz CT molecular complexity index is 484. The molecule has 1 aliphatic rings. The minimum atomic E-state index is -2.61. The lowest BCUT2D eigenvalue weighted by Crippen LogP contribution is -2.31. The minimum Gasteiger partial charge on any atom is -0.399 e. The van der Waals surface area contributed by atoms with Gasteiger partial charge in [-0.25, -0.2) is 8.78 Å². The van der Waals surface area contributed by atoms with Crippen LogP contribution in [-0.2, 0) is 4.79 Å². The first-order valence-corrected chi connectivity index (χ1v) is 6.90. The highest BCUT2D eigenvalue weighted by Crippen LogP contribution is 2.37. The summed E-state index contributed by atoms with van der Waals surface area (Å²) < 4.78 is 26.7. The predicted octanol–water partition coefficient (Wildman–Crippen LogP) is 3.80. The third-order valence-corrected chi connectivity index (χ3v) is 4.00. The van der Waals surface area contributed by atoms with E-state index in [1.807, 2.05) is 0 Å². The van der Waals surface area contributed by atoms with Crippen molar-refractivity contribution in [2.75, 3.05) is 11.1 Å². The maximum Gasteiger partial charge on any atom is 0.248 e. The topological polar surface area (TPSA) is 55.1 Å². The number of alkyl halides is 2. The van der Waals surface area contributed by atoms with Crippen LogP contribution >= 0.6 is 15.9 Å². The van der Waals surface area contributed by atoms with Gasteiger partial charge in [0.2, 0.25) is 11.8 Å². The first-order chi connectivity index (χ1) is 8.87. The Morgan fingerprint density at radius 2 is 2.00 bits per heavy atom. The molecule has 1 amide bonds. The van der Waals surface area contributed by atoms with Gasteiger partial charge in [0.05, 0.1) is 5.69 Å². The Labute approximate surface area is 118 Å². The number of carbonyl (C=O) groups excluding carboxylic acids is 1. The molecule has 1 aromatic rings. The number of nitrogens with one attached hydrogen (secondary N) is 1. The van der Waals surface area contributed by atoms with Crippen molar-refractivity contribution >= 4 is 33.2 Å². The van der Waals surface area contributed by atoms with Crippen LogP contribution in [0.5, 0.6) is 0 Å². The fourth-order valence-corrected chi connectivity index (χ4v) is 2.67. The van der Waals surface area contributed by atoms with Gasteiger partial charge in [-0.15, -0.1) is 0 Å². The van der Waals surface area contributed by atoms with Crippen LogP contribution in [0.2, 0.25) is 0 Å². The number of nitrogen functional groups attached to an aromatic ring is 1. The number of anilines is 2. The minimum absolute atomic E-state index is 0.207. The van der Waals surface area contributed by atoms with E-state index in [-0.39, 0.29) is 37.5 Å². The zero-order chi connectivity index (χ0) is 14.0. The number of carbonyl (C=O) groups is 1. The number of hydrogen-bond acceptors (Lipinski definition) is 2. The Kier molecular flexibility index (Phi) is 4.08. The van der Waals surface area contributed by atoms with E-state index < -0.39 is 5.92 Å². The molecule has 104 valence electrons. The second kappa shape index (κ2) is 5.45. The van der Waals surface area contributed by atoms with Crippen molar-refractivity contribution in [3.05, 3.63) is 22.7 Å². The summed E-state index contributed by atoms with van der Waals surface area (Å²) in [5.74, 6) is -3.16. The largest absolute Gasteiger partial charge is 0.399 e. The van der Waals surface area contributed by atoms with Crippen molar-refractivity contribution in [2.45, 2.75) is 31.6 Å². The van der Waals surface area contributed by atoms with Gasteiger partial charge in [-0.05, 0) is 47.0 Å². The molecule has 19 heavy (non-hydrogen) atoms. The van der Waals surface area contributed by atoms with Crippen LogP contribution in [0, 0.1) is 5.92 Å². The fraction of sp³-hybridized carbons (Fsp3) is 0.462. The third-order valence-electron chi connectivity index (χ3n) is 3.34. The van der Waals surface area contributed by atoms with E-state index in [4.69, 9.17) is 5.73 Å². The van der Waals surface area contributed by atoms with Gasteiger partial charge in [-0.1, -0.05) is 0 Å². The summed E-state index contributed by atoms with van der Waals surface area (Å²) in [6.45, 7) is 0. The van der Waals surface area contributed by atoms with Crippen LogP contribution in [-0.4, -0.2) is 11.8 Å². The number of benzene rings is 1. The molecular weight excluding hydrogens is 318 g/mol. The molecule has 0 heterocycles. The van der Waals surface area contributed by atoms with Gasteiger partial charge in [0.1, 0.15) is 0 Å². The molecule has 1 aliphatic carbocycles. The Morgan fingerprint density at radius 3 is 2.58 bits per heavy atom. The van der Waals surface area contributed by atoms with Crippen molar-refractivity contribution in [3.8, 4) is 0 Å². The number of rotatable bonds is 2. The lowest BCUT2D eigenvalue weighted by atomic mass is 9.86. The molecule has 0 unspecified atom stereocenters. The Balaban J connectivity index is 1.98. The number of nitrogens with two attached hydrogens (primary N) is 1. The maximum absolute atomic E-state index is 13.0. The van der Waals surface area contributed by atoms with Crippen molar-refractivity contribution in [2.24, 2.45) is 5.92 Å². The van der Waals surface area contributed by atoms with E-state index in [0.717, 1.165) is 0 Å². The second-order valence-electron chi connectivity index (χ2n) is 4.86. The van der Waals surface area contributed by atoms with Crippen LogP contribution in [0.15, 0.2) is 22.7 Å². The molecule has 0 radical (unpaired) electrons. The fourth-order valence-electron chi connectivity index (χ4n) is 2.17.